The van der Waals surface area contributed by atoms with E-state index in [4.69, 9.17) is 9.15 Å². The second kappa shape index (κ2) is 8.23. The van der Waals surface area contributed by atoms with Crippen LogP contribution in [0.15, 0.2) is 40.8 Å². The van der Waals surface area contributed by atoms with Crippen molar-refractivity contribution in [3.63, 3.8) is 0 Å². The van der Waals surface area contributed by atoms with Gasteiger partial charge >= 0.3 is 0 Å². The number of piperidine rings is 1. The van der Waals surface area contributed by atoms with E-state index in [0.717, 1.165) is 55.4 Å². The molecule has 0 amide bonds. The van der Waals surface area contributed by atoms with Gasteiger partial charge in [-0.2, -0.15) is 0 Å². The zero-order valence-corrected chi connectivity index (χ0v) is 16.7. The van der Waals surface area contributed by atoms with Gasteiger partial charge in [0.25, 0.3) is 5.89 Å². The fraction of sp³-hybridized carbons (Fsp3) is 0.429. The SMILES string of the molecule is COc1ccc(CCN2CCC(c3nnc(-c4ccc(C)s4)o3)CC2)cc1. The molecule has 2 aromatic heterocycles. The molecule has 4 rings (SSSR count). The topological polar surface area (TPSA) is 51.4 Å². The van der Waals surface area contributed by atoms with Crippen LogP contribution in [0.3, 0.4) is 0 Å². The molecule has 0 unspecified atom stereocenters. The normalized spacial score (nSPS) is 15.9. The molecule has 1 aromatic carbocycles. The Balaban J connectivity index is 1.28. The van der Waals surface area contributed by atoms with Crippen LogP contribution in [0.2, 0.25) is 0 Å². The summed E-state index contributed by atoms with van der Waals surface area (Å²) in [7, 11) is 1.70. The van der Waals surface area contributed by atoms with Gasteiger partial charge in [-0.3, -0.25) is 0 Å². The minimum Gasteiger partial charge on any atom is -0.497 e. The molecule has 1 aliphatic heterocycles. The Morgan fingerprint density at radius 3 is 2.56 bits per heavy atom. The van der Waals surface area contributed by atoms with E-state index in [0.29, 0.717) is 11.8 Å². The number of likely N-dealkylation sites (tertiary alicyclic amines) is 1. The van der Waals surface area contributed by atoms with Crippen molar-refractivity contribution in [2.45, 2.75) is 32.1 Å². The molecule has 0 saturated carbocycles. The number of aromatic nitrogens is 2. The highest BCUT2D eigenvalue weighted by atomic mass is 32.1. The van der Waals surface area contributed by atoms with Crippen molar-refractivity contribution >= 4 is 11.3 Å². The maximum atomic E-state index is 5.97. The molecule has 3 heterocycles. The summed E-state index contributed by atoms with van der Waals surface area (Å²) in [6.07, 6.45) is 3.22. The molecule has 0 spiro atoms. The van der Waals surface area contributed by atoms with Gasteiger partial charge in [-0.1, -0.05) is 12.1 Å². The number of methoxy groups -OCH3 is 1. The van der Waals surface area contributed by atoms with Crippen molar-refractivity contribution in [2.75, 3.05) is 26.7 Å². The molecule has 0 radical (unpaired) electrons. The van der Waals surface area contributed by atoms with Crippen LogP contribution in [-0.4, -0.2) is 41.8 Å². The summed E-state index contributed by atoms with van der Waals surface area (Å²) in [5, 5.41) is 8.57. The number of nitrogens with zero attached hydrogens (tertiary/aromatic N) is 3. The average molecular weight is 384 g/mol. The molecule has 142 valence electrons. The van der Waals surface area contributed by atoms with Crippen LogP contribution < -0.4 is 4.74 Å². The summed E-state index contributed by atoms with van der Waals surface area (Å²) < 4.78 is 11.2. The number of rotatable bonds is 6. The van der Waals surface area contributed by atoms with Gasteiger partial charge in [-0.15, -0.1) is 21.5 Å². The maximum Gasteiger partial charge on any atom is 0.257 e. The summed E-state index contributed by atoms with van der Waals surface area (Å²) in [4.78, 5) is 4.85. The Labute approximate surface area is 164 Å². The number of ether oxygens (including phenoxy) is 1. The quantitative estimate of drug-likeness (QED) is 0.626. The zero-order valence-electron chi connectivity index (χ0n) is 15.9. The van der Waals surface area contributed by atoms with E-state index < -0.39 is 0 Å². The van der Waals surface area contributed by atoms with Crippen molar-refractivity contribution in [1.29, 1.82) is 0 Å². The number of hydrogen-bond donors (Lipinski definition) is 0. The van der Waals surface area contributed by atoms with Crippen molar-refractivity contribution in [2.24, 2.45) is 0 Å². The van der Waals surface area contributed by atoms with E-state index in [-0.39, 0.29) is 0 Å². The van der Waals surface area contributed by atoms with Gasteiger partial charge in [0.05, 0.1) is 12.0 Å². The molecule has 0 N–H and O–H groups in total. The molecule has 5 nitrogen and oxygen atoms in total. The summed E-state index contributed by atoms with van der Waals surface area (Å²) in [5.74, 6) is 2.75. The molecule has 3 aromatic rings. The smallest absolute Gasteiger partial charge is 0.257 e. The monoisotopic (exact) mass is 383 g/mol. The second-order valence-electron chi connectivity index (χ2n) is 7.07. The van der Waals surface area contributed by atoms with Crippen LogP contribution >= 0.6 is 11.3 Å². The number of benzene rings is 1. The summed E-state index contributed by atoms with van der Waals surface area (Å²) in [6, 6.07) is 12.5. The number of thiophene rings is 1. The fourth-order valence-electron chi connectivity index (χ4n) is 3.53. The Hall–Kier alpha value is -2.18. The number of hydrogen-bond acceptors (Lipinski definition) is 6. The fourth-order valence-corrected chi connectivity index (χ4v) is 4.32. The van der Waals surface area contributed by atoms with Crippen LogP contribution in [-0.2, 0) is 6.42 Å². The Bertz CT molecular complexity index is 864. The first kappa shape index (κ1) is 18.2. The first-order chi connectivity index (χ1) is 13.2. The second-order valence-corrected chi connectivity index (χ2v) is 8.36. The predicted molar refractivity (Wildman–Crippen MR) is 107 cm³/mol. The molecular formula is C21H25N3O2S. The third kappa shape index (κ3) is 4.39. The lowest BCUT2D eigenvalue weighted by molar-refractivity contribution is 0.202. The standard InChI is InChI=1S/C21H25N3O2S/c1-15-3-8-19(27-15)21-23-22-20(26-21)17-10-13-24(14-11-17)12-9-16-4-6-18(25-2)7-5-16/h3-8,17H,9-14H2,1-2H3. The first-order valence-electron chi connectivity index (χ1n) is 9.47. The highest BCUT2D eigenvalue weighted by Crippen LogP contribution is 2.31. The van der Waals surface area contributed by atoms with Gasteiger partial charge < -0.3 is 14.1 Å². The van der Waals surface area contributed by atoms with E-state index >= 15 is 0 Å². The molecule has 0 bridgehead atoms. The average Bonchev–Trinajstić information content (AvgIpc) is 3.36. The number of aryl methyl sites for hydroxylation is 1. The van der Waals surface area contributed by atoms with E-state index in [1.54, 1.807) is 18.4 Å². The Morgan fingerprint density at radius 2 is 1.89 bits per heavy atom. The molecular weight excluding hydrogens is 358 g/mol. The predicted octanol–water partition coefficient (Wildman–Crippen LogP) is 4.54. The Morgan fingerprint density at radius 1 is 1.11 bits per heavy atom. The Kier molecular flexibility index (Phi) is 5.55. The lowest BCUT2D eigenvalue weighted by Gasteiger charge is -2.30. The van der Waals surface area contributed by atoms with E-state index in [1.807, 2.05) is 12.1 Å². The summed E-state index contributed by atoms with van der Waals surface area (Å²) in [5.41, 5.74) is 1.35. The van der Waals surface area contributed by atoms with Crippen molar-refractivity contribution < 1.29 is 9.15 Å². The van der Waals surface area contributed by atoms with Crippen LogP contribution in [0.5, 0.6) is 5.75 Å². The minimum atomic E-state index is 0.379. The van der Waals surface area contributed by atoms with Crippen molar-refractivity contribution in [3.05, 3.63) is 52.7 Å². The highest BCUT2D eigenvalue weighted by molar-refractivity contribution is 7.15. The molecule has 0 atom stereocenters. The van der Waals surface area contributed by atoms with Crippen molar-refractivity contribution in [3.8, 4) is 16.5 Å². The van der Waals surface area contributed by atoms with E-state index in [1.165, 1.54) is 10.4 Å². The van der Waals surface area contributed by atoms with Crippen LogP contribution in [0, 0.1) is 6.92 Å². The van der Waals surface area contributed by atoms with Crippen LogP contribution in [0.4, 0.5) is 0 Å². The molecule has 27 heavy (non-hydrogen) atoms. The maximum absolute atomic E-state index is 5.97. The van der Waals surface area contributed by atoms with E-state index in [2.05, 4.69) is 46.3 Å². The van der Waals surface area contributed by atoms with Gasteiger partial charge in [0.2, 0.25) is 5.89 Å². The third-order valence-corrected chi connectivity index (χ3v) is 6.19. The molecule has 0 aliphatic carbocycles. The van der Waals surface area contributed by atoms with Gasteiger partial charge in [0, 0.05) is 17.3 Å². The molecule has 1 saturated heterocycles. The van der Waals surface area contributed by atoms with Gasteiger partial charge in [0.1, 0.15) is 5.75 Å². The van der Waals surface area contributed by atoms with Crippen LogP contribution in [0.25, 0.3) is 10.8 Å². The minimum absolute atomic E-state index is 0.379. The zero-order chi connectivity index (χ0) is 18.6. The van der Waals surface area contributed by atoms with Gasteiger partial charge in [-0.05, 0) is 69.1 Å². The highest BCUT2D eigenvalue weighted by Gasteiger charge is 2.25. The van der Waals surface area contributed by atoms with E-state index in [9.17, 15) is 0 Å². The molecule has 6 heteroatoms. The molecule has 1 aliphatic rings. The van der Waals surface area contributed by atoms with Gasteiger partial charge in [-0.25, -0.2) is 0 Å². The third-order valence-electron chi connectivity index (χ3n) is 5.20. The van der Waals surface area contributed by atoms with Crippen LogP contribution in [0.1, 0.15) is 35.1 Å². The molecule has 1 fully saturated rings. The largest absolute Gasteiger partial charge is 0.497 e. The lowest BCUT2D eigenvalue weighted by Crippen LogP contribution is -2.34. The summed E-state index contributed by atoms with van der Waals surface area (Å²) in [6.45, 7) is 5.34. The summed E-state index contributed by atoms with van der Waals surface area (Å²) >= 11 is 1.70. The van der Waals surface area contributed by atoms with Gasteiger partial charge in [0.15, 0.2) is 0 Å². The first-order valence-corrected chi connectivity index (χ1v) is 10.3. The lowest BCUT2D eigenvalue weighted by atomic mass is 9.96. The van der Waals surface area contributed by atoms with Crippen molar-refractivity contribution in [1.82, 2.24) is 15.1 Å².